The van der Waals surface area contributed by atoms with Crippen molar-refractivity contribution in [2.24, 2.45) is 0 Å². The first kappa shape index (κ1) is 27.8. The number of pyridine rings is 2. The van der Waals surface area contributed by atoms with Gasteiger partial charge in [0.15, 0.2) is 11.5 Å². The van der Waals surface area contributed by atoms with Gasteiger partial charge in [0, 0.05) is 40.6 Å². The summed E-state index contributed by atoms with van der Waals surface area (Å²) in [6.07, 6.45) is -4.95. The highest BCUT2D eigenvalue weighted by Crippen LogP contribution is 2.35. The number of aromatic amines is 1. The van der Waals surface area contributed by atoms with Crippen LogP contribution in [-0.2, 0) is 19.3 Å². The lowest BCUT2D eigenvalue weighted by molar-refractivity contribution is -0.134. The number of nitrogens with zero attached hydrogens (tertiary/aromatic N) is 1. The predicted molar refractivity (Wildman–Crippen MR) is 139 cm³/mol. The number of rotatable bonds is 8. The average Bonchev–Trinajstić information content (AvgIpc) is 2.86. The van der Waals surface area contributed by atoms with Gasteiger partial charge in [0.2, 0.25) is 0 Å². The van der Waals surface area contributed by atoms with Crippen molar-refractivity contribution in [1.82, 2.24) is 9.97 Å². The Kier molecular flexibility index (Phi) is 8.35. The van der Waals surface area contributed by atoms with Crippen LogP contribution in [0.5, 0.6) is 17.2 Å². The molecular weight excluding hydrogens is 485 g/mol. The first-order chi connectivity index (χ1) is 17.2. The summed E-state index contributed by atoms with van der Waals surface area (Å²) in [6, 6.07) is 10.5. The average molecular weight is 517 g/mol. The van der Waals surface area contributed by atoms with Crippen molar-refractivity contribution in [2.75, 3.05) is 21.3 Å². The molecule has 0 aliphatic carbocycles. The highest BCUT2D eigenvalue weighted by Gasteiger charge is 2.28. The highest BCUT2D eigenvalue weighted by atomic mass is 19.4. The van der Waals surface area contributed by atoms with E-state index < -0.39 is 12.6 Å². The van der Waals surface area contributed by atoms with E-state index in [4.69, 9.17) is 14.2 Å². The lowest BCUT2D eigenvalue weighted by atomic mass is 9.95. The van der Waals surface area contributed by atoms with Gasteiger partial charge in [0.1, 0.15) is 5.75 Å². The number of nitrogens with one attached hydrogen (secondary N) is 1. The van der Waals surface area contributed by atoms with E-state index in [-0.39, 0.29) is 25.8 Å². The molecule has 4 rings (SSSR count). The standard InChI is InChI=1S/C27H27F3N2O4.CH4/c1-5-21-19-14-25(36-4)24(35-3)13-18(19)20(26(33)32-21)12-16-10-15-11-17(34-2)6-7-22(15)31-23(16)8-9-27(28,29)30;/h6-7,10-11,13-14H,5,8-9,12H2,1-4H3,(H,32,33);1H4. The molecule has 4 aromatic rings. The largest absolute Gasteiger partial charge is 0.497 e. The lowest BCUT2D eigenvalue weighted by Gasteiger charge is -2.16. The van der Waals surface area contributed by atoms with Gasteiger partial charge in [-0.15, -0.1) is 0 Å². The molecule has 37 heavy (non-hydrogen) atoms. The maximum absolute atomic E-state index is 13.2. The van der Waals surface area contributed by atoms with Crippen molar-refractivity contribution in [3.63, 3.8) is 0 Å². The molecular formula is C28H31F3N2O4. The monoisotopic (exact) mass is 516 g/mol. The molecule has 198 valence electrons. The molecule has 0 saturated carbocycles. The summed E-state index contributed by atoms with van der Waals surface area (Å²) in [6.45, 7) is 1.93. The van der Waals surface area contributed by atoms with E-state index in [9.17, 15) is 18.0 Å². The van der Waals surface area contributed by atoms with E-state index in [1.807, 2.05) is 6.92 Å². The smallest absolute Gasteiger partial charge is 0.389 e. The Bertz CT molecular complexity index is 1480. The molecule has 2 aromatic carbocycles. The number of hydrogen-bond acceptors (Lipinski definition) is 5. The molecule has 1 N–H and O–H groups in total. The summed E-state index contributed by atoms with van der Waals surface area (Å²) in [5.41, 5.74) is 2.25. The summed E-state index contributed by atoms with van der Waals surface area (Å²) in [7, 11) is 4.58. The quantitative estimate of drug-likeness (QED) is 0.294. The normalized spacial score (nSPS) is 11.4. The number of aryl methyl sites for hydroxylation is 2. The van der Waals surface area contributed by atoms with Gasteiger partial charge >= 0.3 is 6.18 Å². The van der Waals surface area contributed by atoms with E-state index in [1.54, 1.807) is 36.4 Å². The van der Waals surface area contributed by atoms with E-state index in [0.29, 0.717) is 56.8 Å². The molecule has 0 unspecified atom stereocenters. The van der Waals surface area contributed by atoms with Crippen LogP contribution in [0.25, 0.3) is 21.7 Å². The summed E-state index contributed by atoms with van der Waals surface area (Å²) in [5, 5.41) is 2.16. The second-order valence-corrected chi connectivity index (χ2v) is 8.46. The minimum Gasteiger partial charge on any atom is -0.497 e. The Morgan fingerprint density at radius 3 is 2.22 bits per heavy atom. The number of methoxy groups -OCH3 is 3. The van der Waals surface area contributed by atoms with Crippen LogP contribution in [0, 0.1) is 0 Å². The number of benzene rings is 2. The zero-order chi connectivity index (χ0) is 26.0. The molecule has 6 nitrogen and oxygen atoms in total. The van der Waals surface area contributed by atoms with Crippen LogP contribution in [0.4, 0.5) is 13.2 Å². The summed E-state index contributed by atoms with van der Waals surface area (Å²) in [4.78, 5) is 20.7. The fraction of sp³-hybridized carbons (Fsp3) is 0.357. The number of hydrogen-bond donors (Lipinski definition) is 1. The SMILES string of the molecule is C.CCc1[nH]c(=O)c(Cc2cc3cc(OC)ccc3nc2CCC(F)(F)F)c2cc(OC)c(OC)cc12. The lowest BCUT2D eigenvalue weighted by Crippen LogP contribution is -2.17. The van der Waals surface area contributed by atoms with Crippen molar-refractivity contribution in [2.45, 2.75) is 46.2 Å². The molecule has 0 bridgehead atoms. The summed E-state index contributed by atoms with van der Waals surface area (Å²) < 4.78 is 55.5. The van der Waals surface area contributed by atoms with E-state index in [1.165, 1.54) is 21.3 Å². The molecule has 0 amide bonds. The fourth-order valence-electron chi connectivity index (χ4n) is 4.42. The molecule has 0 radical (unpaired) electrons. The number of fused-ring (bicyclic) bond motifs is 2. The molecule has 0 aliphatic heterocycles. The van der Waals surface area contributed by atoms with E-state index in [2.05, 4.69) is 9.97 Å². The van der Waals surface area contributed by atoms with Crippen LogP contribution in [0.1, 0.15) is 43.3 Å². The maximum Gasteiger partial charge on any atom is 0.389 e. The third-order valence-corrected chi connectivity index (χ3v) is 6.27. The third kappa shape index (κ3) is 5.81. The maximum atomic E-state index is 13.2. The molecule has 2 heterocycles. The van der Waals surface area contributed by atoms with Crippen LogP contribution in [0.15, 0.2) is 41.2 Å². The molecule has 0 fully saturated rings. The first-order valence-corrected chi connectivity index (χ1v) is 11.5. The van der Waals surface area contributed by atoms with Gasteiger partial charge < -0.3 is 19.2 Å². The van der Waals surface area contributed by atoms with E-state index >= 15 is 0 Å². The molecule has 0 aliphatic rings. The van der Waals surface area contributed by atoms with Gasteiger partial charge in [-0.1, -0.05) is 14.4 Å². The molecule has 0 atom stereocenters. The van der Waals surface area contributed by atoms with Crippen LogP contribution in [0.2, 0.25) is 0 Å². The Morgan fingerprint density at radius 1 is 0.946 bits per heavy atom. The van der Waals surface area contributed by atoms with Crippen molar-refractivity contribution < 1.29 is 27.4 Å². The molecule has 9 heteroatoms. The summed E-state index contributed by atoms with van der Waals surface area (Å²) in [5.74, 6) is 1.58. The molecule has 0 spiro atoms. The Labute approximate surface area is 213 Å². The topological polar surface area (TPSA) is 73.4 Å². The highest BCUT2D eigenvalue weighted by molar-refractivity contribution is 5.91. The van der Waals surface area contributed by atoms with Gasteiger partial charge in [0.05, 0.1) is 26.8 Å². The second kappa shape index (κ2) is 11.1. The third-order valence-electron chi connectivity index (χ3n) is 6.27. The summed E-state index contributed by atoms with van der Waals surface area (Å²) >= 11 is 0. The Morgan fingerprint density at radius 2 is 1.62 bits per heavy atom. The van der Waals surface area contributed by atoms with Crippen molar-refractivity contribution in [1.29, 1.82) is 0 Å². The first-order valence-electron chi connectivity index (χ1n) is 11.5. The fourth-order valence-corrected chi connectivity index (χ4v) is 4.42. The predicted octanol–water partition coefficient (Wildman–Crippen LogP) is 6.39. The van der Waals surface area contributed by atoms with Crippen LogP contribution in [-0.4, -0.2) is 37.5 Å². The number of aromatic nitrogens is 2. The number of ether oxygens (including phenoxy) is 3. The number of halogens is 3. The Balaban J connectivity index is 0.00000380. The number of alkyl halides is 3. The van der Waals surface area contributed by atoms with Crippen LogP contribution < -0.4 is 19.8 Å². The Hall–Kier alpha value is -3.75. The van der Waals surface area contributed by atoms with Crippen LogP contribution in [0.3, 0.4) is 0 Å². The zero-order valence-corrected chi connectivity index (χ0v) is 20.5. The minimum absolute atomic E-state index is 0. The van der Waals surface area contributed by atoms with Gasteiger partial charge in [-0.2, -0.15) is 13.2 Å². The van der Waals surface area contributed by atoms with Gasteiger partial charge in [-0.3, -0.25) is 9.78 Å². The van der Waals surface area contributed by atoms with Crippen LogP contribution >= 0.6 is 0 Å². The zero-order valence-electron chi connectivity index (χ0n) is 20.5. The van der Waals surface area contributed by atoms with Gasteiger partial charge in [0.25, 0.3) is 5.56 Å². The van der Waals surface area contributed by atoms with Gasteiger partial charge in [-0.25, -0.2) is 0 Å². The molecule has 0 saturated heterocycles. The number of H-pyrrole nitrogens is 1. The van der Waals surface area contributed by atoms with Crippen molar-refractivity contribution in [3.8, 4) is 17.2 Å². The van der Waals surface area contributed by atoms with Crippen molar-refractivity contribution >= 4 is 21.7 Å². The minimum atomic E-state index is -4.33. The molecule has 2 aromatic heterocycles. The van der Waals surface area contributed by atoms with Gasteiger partial charge in [-0.05, 0) is 60.2 Å². The van der Waals surface area contributed by atoms with Crippen molar-refractivity contribution in [3.05, 3.63) is 69.3 Å². The second-order valence-electron chi connectivity index (χ2n) is 8.46. The van der Waals surface area contributed by atoms with E-state index in [0.717, 1.165) is 11.1 Å².